The van der Waals surface area contributed by atoms with Crippen LogP contribution < -0.4 is 0 Å². The van der Waals surface area contributed by atoms with Gasteiger partial charge in [0.25, 0.3) is 0 Å². The van der Waals surface area contributed by atoms with E-state index in [1.165, 1.54) is 16.7 Å². The zero-order valence-electron chi connectivity index (χ0n) is 77.8. The van der Waals surface area contributed by atoms with Crippen molar-refractivity contribution in [3.63, 3.8) is 0 Å². The zero-order valence-corrected chi connectivity index (χ0v) is 77.8. The Bertz CT molecular complexity index is 1840. The molecule has 0 aromatic carbocycles. The number of aliphatic hydroxyl groups excluding tert-OH is 12. The summed E-state index contributed by atoms with van der Waals surface area (Å²) in [7, 11) is 0. The Kier molecular flexibility index (Phi) is 101. The fourth-order valence-electron chi connectivity index (χ4n) is 5.46. The van der Waals surface area contributed by atoms with Gasteiger partial charge in [-0.15, -0.1) is 19.7 Å². The lowest BCUT2D eigenvalue weighted by molar-refractivity contribution is -0.156. The standard InChI is InChI=1S/C15H32O3.3C11H24O3.3C7H16O3.3C4H8.C3H8O3.5CH4/c1-13(2,3)16-10-12(18-15(7,8)9)11-17-14(4,5)6;1-10(2,3)13-7-9(12)8-14-11(4,5)6;2*1-10(2,3)13-8-9(7-12)14-11(4,5)6;2*1-7(2,3)10-5-6(9)4-8;1-7(2,3)10-6(4-8)5-9;3*1-4(2)3;4-1-3(6)2-5;;;;;/h12H,10-11H2,1-9H3;3*9,12H,7-8H2,1-6H3;3*6,8-9H,4-5H2,1-3H3;3*1H2,2-3H3;3-6H,1-2H2;5*1H4. The van der Waals surface area contributed by atoms with E-state index in [0.717, 1.165) is 0 Å². The Hall–Kier alpha value is -1.74. The minimum atomic E-state index is -0.954. The zero-order chi connectivity index (χ0) is 89.1. The van der Waals surface area contributed by atoms with Crippen molar-refractivity contribution in [1.82, 2.24) is 0 Å². The molecule has 0 heterocycles. The van der Waals surface area contributed by atoms with E-state index in [1.807, 2.05) is 291 Å². The van der Waals surface area contributed by atoms with Gasteiger partial charge in [-0.3, -0.25) is 0 Å². The van der Waals surface area contributed by atoms with Crippen LogP contribution >= 0.6 is 0 Å². The lowest BCUT2D eigenvalue weighted by atomic mass is 10.1. The molecule has 24 heteroatoms. The lowest BCUT2D eigenvalue weighted by Gasteiger charge is -2.32. The number of hydrogen-bond donors (Lipinski definition) is 12. The molecular weight excluding hydrogens is 1450 g/mol. The van der Waals surface area contributed by atoms with Gasteiger partial charge in [-0.1, -0.05) is 53.9 Å². The average molecular weight is 1660 g/mol. The van der Waals surface area contributed by atoms with Gasteiger partial charge in [-0.2, -0.15) is 0 Å². The molecule has 0 fully saturated rings. The predicted molar refractivity (Wildman–Crippen MR) is 480 cm³/mol. The molecule has 0 aliphatic carbocycles. The van der Waals surface area contributed by atoms with Crippen LogP contribution in [0, 0.1) is 0 Å². The second kappa shape index (κ2) is 76.4. The second-order valence-corrected chi connectivity index (χ2v) is 38.5. The minimum Gasteiger partial charge on any atom is -0.394 e. The van der Waals surface area contributed by atoms with Crippen molar-refractivity contribution in [3.05, 3.63) is 36.5 Å². The maximum atomic E-state index is 9.53. The first-order valence-corrected chi connectivity index (χ1v) is 37.9. The molecule has 0 aliphatic rings. The molecule has 0 saturated carbocycles. The number of hydrogen-bond acceptors (Lipinski definition) is 24. The van der Waals surface area contributed by atoms with Gasteiger partial charge in [0.05, 0.1) is 173 Å². The minimum absolute atomic E-state index is 0. The second-order valence-electron chi connectivity index (χ2n) is 38.5. The van der Waals surface area contributed by atoms with Crippen LogP contribution in [0.4, 0.5) is 0 Å². The summed E-state index contributed by atoms with van der Waals surface area (Å²) in [5.41, 5.74) is 0.968. The molecule has 113 heavy (non-hydrogen) atoms. The Morgan fingerprint density at radius 1 is 0.195 bits per heavy atom. The number of rotatable bonds is 28. The summed E-state index contributed by atoms with van der Waals surface area (Å²) < 4.78 is 66.3. The Balaban J connectivity index is -0.0000000668. The molecule has 0 saturated heterocycles. The molecule has 4 atom stereocenters. The highest BCUT2D eigenvalue weighted by Crippen LogP contribution is 2.20. The molecule has 0 aliphatic heterocycles. The van der Waals surface area contributed by atoms with Gasteiger partial charge >= 0.3 is 0 Å². The largest absolute Gasteiger partial charge is 0.394 e. The van der Waals surface area contributed by atoms with Crippen LogP contribution in [0.25, 0.3) is 0 Å². The van der Waals surface area contributed by atoms with Gasteiger partial charge in [-0.05, 0) is 291 Å². The van der Waals surface area contributed by atoms with Gasteiger partial charge in [-0.25, -0.2) is 0 Å². The first-order valence-electron chi connectivity index (χ1n) is 37.9. The van der Waals surface area contributed by atoms with Crippen molar-refractivity contribution in [2.24, 2.45) is 0 Å². The fourth-order valence-corrected chi connectivity index (χ4v) is 5.46. The van der Waals surface area contributed by atoms with Gasteiger partial charge in [0.2, 0.25) is 0 Å². The summed E-state index contributed by atoms with van der Waals surface area (Å²) in [6, 6.07) is 0. The first-order chi connectivity index (χ1) is 47.6. The topological polar surface area (TPSA) is 354 Å². The van der Waals surface area contributed by atoms with E-state index < -0.39 is 30.5 Å². The van der Waals surface area contributed by atoms with Crippen LogP contribution in [-0.2, 0) is 56.8 Å². The molecule has 704 valence electrons. The van der Waals surface area contributed by atoms with Crippen LogP contribution in [0.1, 0.15) is 328 Å². The summed E-state index contributed by atoms with van der Waals surface area (Å²) in [6.07, 6.45) is -3.97. The third-order valence-electron chi connectivity index (χ3n) is 9.38. The van der Waals surface area contributed by atoms with Gasteiger partial charge in [0.1, 0.15) is 48.8 Å². The molecule has 0 bridgehead atoms. The number of allylic oxidation sites excluding steroid dienone is 3. The van der Waals surface area contributed by atoms with Crippen LogP contribution in [0.5, 0.6) is 0 Å². The SMILES string of the molecule is C.C.C.C.C.C=C(C)C.C=C(C)C.C=C(C)C.CC(C)(C)OC(CO)CO.CC(C)(C)OCC(CO)OC(C)(C)C.CC(C)(C)OCC(CO)OC(C)(C)C.CC(C)(C)OCC(COC(C)(C)C)OC(C)(C)C.CC(C)(C)OCC(O)CO.CC(C)(C)OCC(O)CO.CC(C)(C)OCC(O)COC(C)(C)C.OCC(O)CO. The number of ether oxygens (including phenoxy) is 12. The Morgan fingerprint density at radius 3 is 0.434 bits per heavy atom. The fraction of sp³-hybridized carbons (Fsp3) is 0.933. The van der Waals surface area contributed by atoms with E-state index in [2.05, 4.69) is 19.7 Å². The third kappa shape index (κ3) is 191. The van der Waals surface area contributed by atoms with Crippen molar-refractivity contribution in [2.75, 3.05) is 106 Å². The normalized spacial score (nSPS) is 12.9. The van der Waals surface area contributed by atoms with Crippen LogP contribution in [0.15, 0.2) is 36.5 Å². The summed E-state index contributed by atoms with van der Waals surface area (Å²) in [5.74, 6) is 0. The number of aliphatic hydroxyl groups is 12. The Labute approximate surface area is 701 Å². The van der Waals surface area contributed by atoms with E-state index >= 15 is 0 Å². The molecule has 12 N–H and O–H groups in total. The van der Waals surface area contributed by atoms with Crippen LogP contribution in [-0.4, -0.2) is 283 Å². The highest BCUT2D eigenvalue weighted by atomic mass is 16.6. The van der Waals surface area contributed by atoms with Gasteiger partial charge < -0.3 is 118 Å². The highest BCUT2D eigenvalue weighted by molar-refractivity contribution is 4.80. The summed E-state index contributed by atoms with van der Waals surface area (Å²) >= 11 is 0. The summed E-state index contributed by atoms with van der Waals surface area (Å²) in [5, 5.41) is 103. The lowest BCUT2D eigenvalue weighted by Crippen LogP contribution is -2.38. The van der Waals surface area contributed by atoms with Crippen molar-refractivity contribution in [1.29, 1.82) is 0 Å². The summed E-state index contributed by atoms with van der Waals surface area (Å²) in [4.78, 5) is 0. The summed E-state index contributed by atoms with van der Waals surface area (Å²) in [6.45, 7) is 95.0. The highest BCUT2D eigenvalue weighted by Gasteiger charge is 2.26. The van der Waals surface area contributed by atoms with Crippen molar-refractivity contribution in [3.8, 4) is 0 Å². The van der Waals surface area contributed by atoms with E-state index in [0.29, 0.717) is 39.6 Å². The molecule has 0 amide bonds. The van der Waals surface area contributed by atoms with Crippen molar-refractivity contribution >= 4 is 0 Å². The molecular formula is C89H204O24. The molecule has 24 nitrogen and oxygen atoms in total. The van der Waals surface area contributed by atoms with E-state index in [-0.39, 0.29) is 189 Å². The molecule has 4 unspecified atom stereocenters. The molecule has 0 spiro atoms. The molecule has 0 aromatic rings. The third-order valence-corrected chi connectivity index (χ3v) is 9.38. The van der Waals surface area contributed by atoms with Gasteiger partial charge in [0, 0.05) is 0 Å². The van der Waals surface area contributed by atoms with E-state index in [1.54, 1.807) is 0 Å². The van der Waals surface area contributed by atoms with Gasteiger partial charge in [0.15, 0.2) is 0 Å². The Morgan fingerprint density at radius 2 is 0.319 bits per heavy atom. The van der Waals surface area contributed by atoms with Crippen molar-refractivity contribution in [2.45, 2.75) is 444 Å². The monoisotopic (exact) mass is 1660 g/mol. The van der Waals surface area contributed by atoms with Crippen molar-refractivity contribution < 1.29 is 118 Å². The molecule has 0 rings (SSSR count). The predicted octanol–water partition coefficient (Wildman–Crippen LogP) is 16.5. The average Bonchev–Trinajstić information content (AvgIpc) is 0.939. The van der Waals surface area contributed by atoms with E-state index in [9.17, 15) is 5.11 Å². The maximum absolute atomic E-state index is 9.53. The molecule has 0 aromatic heterocycles. The van der Waals surface area contributed by atoms with E-state index in [4.69, 9.17) is 113 Å². The van der Waals surface area contributed by atoms with Crippen LogP contribution in [0.3, 0.4) is 0 Å². The first kappa shape index (κ1) is 149. The smallest absolute Gasteiger partial charge is 0.105 e. The maximum Gasteiger partial charge on any atom is 0.105 e. The molecule has 0 radical (unpaired) electrons. The van der Waals surface area contributed by atoms with Crippen LogP contribution in [0.2, 0.25) is 0 Å². The quantitative estimate of drug-likeness (QED) is 0.0324.